The van der Waals surface area contributed by atoms with Gasteiger partial charge in [-0.15, -0.1) is 12.4 Å². The molecule has 23 heavy (non-hydrogen) atoms. The third kappa shape index (κ3) is 6.08. The molecule has 0 saturated carbocycles. The molecule has 9 heteroatoms. The standard InChI is InChI=1S/C14H22N4O3S.ClH/c1-16-12-3-2-8-18(9-12)10-14(19)17-11-4-6-13(7-5-11)22(15,20)21;/h4-7,12,16H,2-3,8-10H2,1H3,(H,17,19)(H2,15,20,21);1H. The number of halogens is 1. The minimum atomic E-state index is -3.71. The van der Waals surface area contributed by atoms with Crippen molar-refractivity contribution >= 4 is 34.0 Å². The largest absolute Gasteiger partial charge is 0.325 e. The second-order valence-electron chi connectivity index (χ2n) is 5.48. The normalized spacial score (nSPS) is 19.0. The van der Waals surface area contributed by atoms with Gasteiger partial charge in [-0.2, -0.15) is 0 Å². The Morgan fingerprint density at radius 1 is 1.35 bits per heavy atom. The Morgan fingerprint density at radius 2 is 2.00 bits per heavy atom. The zero-order valence-electron chi connectivity index (χ0n) is 13.0. The summed E-state index contributed by atoms with van der Waals surface area (Å²) < 4.78 is 22.3. The van der Waals surface area contributed by atoms with Crippen molar-refractivity contribution in [2.45, 2.75) is 23.8 Å². The second-order valence-corrected chi connectivity index (χ2v) is 7.04. The number of amides is 1. The van der Waals surface area contributed by atoms with Gasteiger partial charge < -0.3 is 10.6 Å². The number of hydrogen-bond acceptors (Lipinski definition) is 5. The SMILES string of the molecule is CNC1CCCN(CC(=O)Nc2ccc(S(N)(=O)=O)cc2)C1.Cl. The van der Waals surface area contributed by atoms with Crippen LogP contribution in [0, 0.1) is 0 Å². The van der Waals surface area contributed by atoms with E-state index in [4.69, 9.17) is 5.14 Å². The summed E-state index contributed by atoms with van der Waals surface area (Å²) in [7, 11) is -1.78. The average molecular weight is 363 g/mol. The molecule has 130 valence electrons. The lowest BCUT2D eigenvalue weighted by Gasteiger charge is -2.31. The van der Waals surface area contributed by atoms with E-state index in [1.54, 1.807) is 0 Å². The maximum Gasteiger partial charge on any atom is 0.238 e. The number of carbonyl (C=O) groups is 1. The first-order valence-electron chi connectivity index (χ1n) is 7.21. The van der Waals surface area contributed by atoms with E-state index in [0.717, 1.165) is 25.9 Å². The number of likely N-dealkylation sites (N-methyl/N-ethyl adjacent to an activating group) is 1. The molecular formula is C14H23ClN4O3S. The van der Waals surface area contributed by atoms with Crippen LogP contribution in [0.25, 0.3) is 0 Å². The molecule has 1 aromatic carbocycles. The number of sulfonamides is 1. The van der Waals surface area contributed by atoms with E-state index in [0.29, 0.717) is 18.3 Å². The Labute approximate surface area is 143 Å². The first kappa shape index (κ1) is 19.9. The Hall–Kier alpha value is -1.19. The fourth-order valence-corrected chi connectivity index (χ4v) is 3.08. The molecule has 1 heterocycles. The molecule has 1 unspecified atom stereocenters. The number of nitrogens with zero attached hydrogens (tertiary/aromatic N) is 1. The highest BCUT2D eigenvalue weighted by Gasteiger charge is 2.20. The van der Waals surface area contributed by atoms with E-state index in [1.165, 1.54) is 24.3 Å². The Kier molecular flexibility index (Phi) is 7.43. The molecule has 1 amide bonds. The first-order valence-corrected chi connectivity index (χ1v) is 8.75. The van der Waals surface area contributed by atoms with Crippen molar-refractivity contribution < 1.29 is 13.2 Å². The molecule has 0 spiro atoms. The van der Waals surface area contributed by atoms with E-state index in [2.05, 4.69) is 15.5 Å². The maximum absolute atomic E-state index is 12.0. The van der Waals surface area contributed by atoms with Crippen LogP contribution in [0.15, 0.2) is 29.2 Å². The lowest BCUT2D eigenvalue weighted by Crippen LogP contribution is -2.46. The maximum atomic E-state index is 12.0. The van der Waals surface area contributed by atoms with Gasteiger partial charge >= 0.3 is 0 Å². The predicted octanol–water partition coefficient (Wildman–Crippen LogP) is 0.378. The van der Waals surface area contributed by atoms with Crippen LogP contribution < -0.4 is 15.8 Å². The highest BCUT2D eigenvalue weighted by molar-refractivity contribution is 7.89. The quantitative estimate of drug-likeness (QED) is 0.702. The molecule has 0 aromatic heterocycles. The van der Waals surface area contributed by atoms with Gasteiger partial charge in [0.05, 0.1) is 11.4 Å². The van der Waals surface area contributed by atoms with Crippen molar-refractivity contribution in [3.8, 4) is 0 Å². The third-order valence-electron chi connectivity index (χ3n) is 3.75. The Morgan fingerprint density at radius 3 is 2.57 bits per heavy atom. The third-order valence-corrected chi connectivity index (χ3v) is 4.68. The zero-order chi connectivity index (χ0) is 16.2. The van der Waals surface area contributed by atoms with Crippen molar-refractivity contribution in [3.05, 3.63) is 24.3 Å². The van der Waals surface area contributed by atoms with Crippen molar-refractivity contribution in [3.63, 3.8) is 0 Å². The van der Waals surface area contributed by atoms with Gasteiger partial charge in [-0.1, -0.05) is 0 Å². The van der Waals surface area contributed by atoms with E-state index in [-0.39, 0.29) is 23.2 Å². The van der Waals surface area contributed by atoms with E-state index < -0.39 is 10.0 Å². The molecule has 4 N–H and O–H groups in total. The van der Waals surface area contributed by atoms with Crippen LogP contribution in [0.3, 0.4) is 0 Å². The molecule has 0 bridgehead atoms. The average Bonchev–Trinajstić information content (AvgIpc) is 2.47. The molecule has 1 aliphatic rings. The van der Waals surface area contributed by atoms with Crippen LogP contribution in [0.2, 0.25) is 0 Å². The fraction of sp³-hybridized carbons (Fsp3) is 0.500. The number of benzene rings is 1. The number of nitrogens with two attached hydrogens (primary N) is 1. The Balaban J connectivity index is 0.00000264. The highest BCUT2D eigenvalue weighted by Crippen LogP contribution is 2.13. The summed E-state index contributed by atoms with van der Waals surface area (Å²) >= 11 is 0. The number of nitrogens with one attached hydrogen (secondary N) is 2. The van der Waals surface area contributed by atoms with Crippen LogP contribution in [0.5, 0.6) is 0 Å². The molecule has 7 nitrogen and oxygen atoms in total. The van der Waals surface area contributed by atoms with Crippen LogP contribution in [-0.2, 0) is 14.8 Å². The molecule has 1 atom stereocenters. The molecule has 0 radical (unpaired) electrons. The number of anilines is 1. The number of piperidine rings is 1. The summed E-state index contributed by atoms with van der Waals surface area (Å²) in [6, 6.07) is 6.25. The summed E-state index contributed by atoms with van der Waals surface area (Å²) in [4.78, 5) is 14.2. The predicted molar refractivity (Wildman–Crippen MR) is 92.2 cm³/mol. The minimum Gasteiger partial charge on any atom is -0.325 e. The smallest absolute Gasteiger partial charge is 0.238 e. The van der Waals surface area contributed by atoms with Crippen molar-refractivity contribution in [1.29, 1.82) is 0 Å². The summed E-state index contributed by atoms with van der Waals surface area (Å²) in [5, 5.41) is 11.0. The zero-order valence-corrected chi connectivity index (χ0v) is 14.6. The minimum absolute atomic E-state index is 0. The molecule has 1 aliphatic heterocycles. The van der Waals surface area contributed by atoms with Gasteiger partial charge in [-0.3, -0.25) is 9.69 Å². The molecule has 1 saturated heterocycles. The number of hydrogen-bond donors (Lipinski definition) is 3. The van der Waals surface area contributed by atoms with Gasteiger partial charge in [0.2, 0.25) is 15.9 Å². The van der Waals surface area contributed by atoms with Crippen LogP contribution in [-0.4, -0.2) is 51.9 Å². The van der Waals surface area contributed by atoms with Crippen molar-refractivity contribution in [2.75, 3.05) is 32.0 Å². The molecular weight excluding hydrogens is 340 g/mol. The Bertz CT molecular complexity index is 621. The van der Waals surface area contributed by atoms with Gasteiger partial charge in [0.25, 0.3) is 0 Å². The number of likely N-dealkylation sites (tertiary alicyclic amines) is 1. The first-order chi connectivity index (χ1) is 10.4. The summed E-state index contributed by atoms with van der Waals surface area (Å²) in [5.41, 5.74) is 0.555. The van der Waals surface area contributed by atoms with E-state index >= 15 is 0 Å². The molecule has 2 rings (SSSR count). The van der Waals surface area contributed by atoms with Gasteiger partial charge in [0.1, 0.15) is 0 Å². The van der Waals surface area contributed by atoms with Gasteiger partial charge in [-0.25, -0.2) is 13.6 Å². The van der Waals surface area contributed by atoms with E-state index in [1.807, 2.05) is 7.05 Å². The van der Waals surface area contributed by atoms with Crippen LogP contribution in [0.4, 0.5) is 5.69 Å². The van der Waals surface area contributed by atoms with Gasteiger partial charge in [0, 0.05) is 18.3 Å². The number of carbonyl (C=O) groups excluding carboxylic acids is 1. The molecule has 0 aliphatic carbocycles. The number of primary sulfonamides is 1. The summed E-state index contributed by atoms with van der Waals surface area (Å²) in [5.74, 6) is -0.111. The lowest BCUT2D eigenvalue weighted by molar-refractivity contribution is -0.117. The molecule has 1 aromatic rings. The molecule has 1 fully saturated rings. The van der Waals surface area contributed by atoms with Crippen molar-refractivity contribution in [1.82, 2.24) is 10.2 Å². The number of rotatable bonds is 5. The highest BCUT2D eigenvalue weighted by atomic mass is 35.5. The van der Waals surface area contributed by atoms with E-state index in [9.17, 15) is 13.2 Å². The topological polar surface area (TPSA) is 105 Å². The summed E-state index contributed by atoms with van der Waals surface area (Å²) in [6.07, 6.45) is 2.20. The monoisotopic (exact) mass is 362 g/mol. The fourth-order valence-electron chi connectivity index (χ4n) is 2.57. The van der Waals surface area contributed by atoms with Crippen LogP contribution >= 0.6 is 12.4 Å². The van der Waals surface area contributed by atoms with Gasteiger partial charge in [-0.05, 0) is 50.7 Å². The summed E-state index contributed by atoms with van der Waals surface area (Å²) in [6.45, 7) is 2.10. The lowest BCUT2D eigenvalue weighted by atomic mass is 10.1. The second kappa shape index (κ2) is 8.60. The van der Waals surface area contributed by atoms with Crippen molar-refractivity contribution in [2.24, 2.45) is 5.14 Å². The van der Waals surface area contributed by atoms with Gasteiger partial charge in [0.15, 0.2) is 0 Å². The van der Waals surface area contributed by atoms with Crippen LogP contribution in [0.1, 0.15) is 12.8 Å².